The van der Waals surface area contributed by atoms with Gasteiger partial charge in [-0.2, -0.15) is 0 Å². The molecule has 5 nitrogen and oxygen atoms in total. The van der Waals surface area contributed by atoms with E-state index in [1.54, 1.807) is 6.82 Å². The van der Waals surface area contributed by atoms with Crippen molar-refractivity contribution in [3.63, 3.8) is 0 Å². The highest BCUT2D eigenvalue weighted by Crippen LogP contribution is 2.00. The van der Waals surface area contributed by atoms with Crippen LogP contribution in [0.3, 0.4) is 0 Å². The highest BCUT2D eigenvalue weighted by atomic mass is 35.5. The fraction of sp³-hybridized carbons (Fsp3) is 0.667. The van der Waals surface area contributed by atoms with Crippen LogP contribution < -0.4 is 16.3 Å². The Hall–Kier alpha value is -0.715. The van der Waals surface area contributed by atoms with Crippen LogP contribution in [0, 0.1) is 0 Å². The summed E-state index contributed by atoms with van der Waals surface area (Å²) in [6.07, 6.45) is 1.33. The standard InChI is InChI=1S/C9H19BClN3O2/c1-7(12)13-5-3-4-8(9(15)6-11)14-10(2)16/h8,13-14,16H,1,3-6,12H2,2H3/t8-/m0/s1. The second kappa shape index (κ2) is 8.44. The minimum Gasteiger partial charge on any atom is -0.437 e. The molecule has 0 radical (unpaired) electrons. The van der Waals surface area contributed by atoms with E-state index in [1.165, 1.54) is 0 Å². The summed E-state index contributed by atoms with van der Waals surface area (Å²) in [6, 6.07) is -0.412. The van der Waals surface area contributed by atoms with Gasteiger partial charge in [-0.3, -0.25) is 4.79 Å². The van der Waals surface area contributed by atoms with E-state index < -0.39 is 13.1 Å². The first-order chi connectivity index (χ1) is 7.47. The highest BCUT2D eigenvalue weighted by molar-refractivity contribution is 6.46. The van der Waals surface area contributed by atoms with Crippen LogP contribution in [0.25, 0.3) is 0 Å². The summed E-state index contributed by atoms with van der Waals surface area (Å²) in [6.45, 7) is 5.70. The predicted molar refractivity (Wildman–Crippen MR) is 67.1 cm³/mol. The quantitative estimate of drug-likeness (QED) is 0.254. The van der Waals surface area contributed by atoms with E-state index in [1.807, 2.05) is 0 Å². The summed E-state index contributed by atoms with van der Waals surface area (Å²) in [4.78, 5) is 11.4. The maximum atomic E-state index is 11.4. The third-order valence-electron chi connectivity index (χ3n) is 1.98. The van der Waals surface area contributed by atoms with Crippen molar-refractivity contribution in [1.29, 1.82) is 0 Å². The van der Waals surface area contributed by atoms with E-state index in [0.29, 0.717) is 18.8 Å². The van der Waals surface area contributed by atoms with Gasteiger partial charge in [0.25, 0.3) is 0 Å². The molecule has 0 rings (SSSR count). The molecule has 0 heterocycles. The smallest absolute Gasteiger partial charge is 0.374 e. The average molecular weight is 248 g/mol. The van der Waals surface area contributed by atoms with Crippen LogP contribution >= 0.6 is 11.6 Å². The molecule has 0 unspecified atom stereocenters. The van der Waals surface area contributed by atoms with Gasteiger partial charge in [0.1, 0.15) is 0 Å². The summed E-state index contributed by atoms with van der Waals surface area (Å²) in [5.41, 5.74) is 5.33. The summed E-state index contributed by atoms with van der Waals surface area (Å²) in [5.74, 6) is 0.236. The fourth-order valence-corrected chi connectivity index (χ4v) is 1.46. The third-order valence-corrected chi connectivity index (χ3v) is 2.25. The Kier molecular flexibility index (Phi) is 8.06. The number of hydrogen-bond acceptors (Lipinski definition) is 5. The fourth-order valence-electron chi connectivity index (χ4n) is 1.28. The van der Waals surface area contributed by atoms with Crippen LogP contribution in [-0.4, -0.2) is 36.3 Å². The molecule has 0 fully saturated rings. The van der Waals surface area contributed by atoms with Crippen molar-refractivity contribution in [3.05, 3.63) is 12.4 Å². The molecule has 0 aliphatic heterocycles. The van der Waals surface area contributed by atoms with Gasteiger partial charge in [-0.15, -0.1) is 11.6 Å². The molecule has 0 bridgehead atoms. The number of hydrogen-bond donors (Lipinski definition) is 4. The van der Waals surface area contributed by atoms with Crippen LogP contribution in [0.4, 0.5) is 0 Å². The zero-order valence-corrected chi connectivity index (χ0v) is 10.3. The Morgan fingerprint density at radius 3 is 2.75 bits per heavy atom. The molecule has 0 aromatic carbocycles. The van der Waals surface area contributed by atoms with E-state index in [9.17, 15) is 4.79 Å². The highest BCUT2D eigenvalue weighted by Gasteiger charge is 2.19. The number of Topliss-reactive ketones (excluding diaryl/α,β-unsaturated/α-hetero) is 1. The molecular weight excluding hydrogens is 228 g/mol. The number of carbonyl (C=O) groups is 1. The molecule has 0 aliphatic rings. The van der Waals surface area contributed by atoms with Gasteiger partial charge in [-0.25, -0.2) is 0 Å². The van der Waals surface area contributed by atoms with Crippen molar-refractivity contribution in [1.82, 2.24) is 10.5 Å². The van der Waals surface area contributed by atoms with Gasteiger partial charge in [0.15, 0.2) is 5.78 Å². The Balaban J connectivity index is 3.92. The molecular formula is C9H19BClN3O2. The normalized spacial score (nSPS) is 11.9. The molecule has 7 heteroatoms. The van der Waals surface area contributed by atoms with Gasteiger partial charge in [0, 0.05) is 6.54 Å². The van der Waals surface area contributed by atoms with Crippen molar-refractivity contribution < 1.29 is 9.82 Å². The Labute approximate surface area is 102 Å². The van der Waals surface area contributed by atoms with E-state index in [0.717, 1.165) is 6.42 Å². The van der Waals surface area contributed by atoms with E-state index in [-0.39, 0.29) is 11.7 Å². The Morgan fingerprint density at radius 1 is 1.69 bits per heavy atom. The molecule has 0 aliphatic carbocycles. The van der Waals surface area contributed by atoms with Crippen LogP contribution in [0.15, 0.2) is 12.4 Å². The van der Waals surface area contributed by atoms with Crippen LogP contribution in [0.1, 0.15) is 12.8 Å². The Morgan fingerprint density at radius 2 is 2.31 bits per heavy atom. The number of ketones is 1. The second-order valence-electron chi connectivity index (χ2n) is 3.59. The molecule has 0 spiro atoms. The van der Waals surface area contributed by atoms with Crippen molar-refractivity contribution >= 4 is 24.4 Å². The van der Waals surface area contributed by atoms with E-state index in [4.69, 9.17) is 22.4 Å². The van der Waals surface area contributed by atoms with Crippen molar-refractivity contribution in [3.8, 4) is 0 Å². The predicted octanol–water partition coefficient (Wildman–Crippen LogP) is -0.337. The molecule has 0 saturated carbocycles. The van der Waals surface area contributed by atoms with Gasteiger partial charge in [-0.05, 0) is 19.7 Å². The van der Waals surface area contributed by atoms with Gasteiger partial charge in [-0.1, -0.05) is 6.58 Å². The maximum absolute atomic E-state index is 11.4. The summed E-state index contributed by atoms with van der Waals surface area (Å²) >= 11 is 5.47. The van der Waals surface area contributed by atoms with Gasteiger partial charge < -0.3 is 21.3 Å². The molecule has 16 heavy (non-hydrogen) atoms. The molecule has 0 aromatic rings. The molecule has 0 aromatic heterocycles. The molecule has 5 N–H and O–H groups in total. The molecule has 0 saturated heterocycles. The second-order valence-corrected chi connectivity index (χ2v) is 3.86. The molecule has 1 atom stereocenters. The number of halogens is 1. The monoisotopic (exact) mass is 247 g/mol. The zero-order valence-electron chi connectivity index (χ0n) is 9.50. The first kappa shape index (κ1) is 15.3. The van der Waals surface area contributed by atoms with E-state index >= 15 is 0 Å². The zero-order chi connectivity index (χ0) is 12.6. The molecule has 0 amide bonds. The third kappa shape index (κ3) is 7.56. The van der Waals surface area contributed by atoms with Gasteiger partial charge >= 0.3 is 7.05 Å². The SMILES string of the molecule is C=C(N)NCCC[C@H](NB(C)O)C(=O)CCl. The molecule has 92 valence electrons. The minimum absolute atomic E-state index is 0.0542. The summed E-state index contributed by atoms with van der Waals surface area (Å²) in [5, 5.41) is 14.8. The number of alkyl halides is 1. The number of carbonyl (C=O) groups excluding carboxylic acids is 1. The number of nitrogens with one attached hydrogen (secondary N) is 2. The largest absolute Gasteiger partial charge is 0.437 e. The summed E-state index contributed by atoms with van der Waals surface area (Å²) < 4.78 is 0. The van der Waals surface area contributed by atoms with Crippen LogP contribution in [0.2, 0.25) is 6.82 Å². The lowest BCUT2D eigenvalue weighted by Gasteiger charge is -2.17. The van der Waals surface area contributed by atoms with Crippen LogP contribution in [-0.2, 0) is 4.79 Å². The van der Waals surface area contributed by atoms with Crippen molar-refractivity contribution in [2.24, 2.45) is 5.73 Å². The lowest BCUT2D eigenvalue weighted by atomic mass is 9.86. The number of nitrogens with two attached hydrogens (primary N) is 1. The topological polar surface area (TPSA) is 87.4 Å². The minimum atomic E-state index is -0.727. The van der Waals surface area contributed by atoms with Gasteiger partial charge in [0.05, 0.1) is 17.7 Å². The van der Waals surface area contributed by atoms with Crippen molar-refractivity contribution in [2.75, 3.05) is 12.4 Å². The van der Waals surface area contributed by atoms with Crippen LogP contribution in [0.5, 0.6) is 0 Å². The first-order valence-electron chi connectivity index (χ1n) is 5.18. The van der Waals surface area contributed by atoms with Gasteiger partial charge in [0.2, 0.25) is 0 Å². The van der Waals surface area contributed by atoms with E-state index in [2.05, 4.69) is 17.1 Å². The maximum Gasteiger partial charge on any atom is 0.374 e. The summed E-state index contributed by atoms with van der Waals surface area (Å²) in [7, 11) is -0.727. The Bertz CT molecular complexity index is 239. The number of rotatable bonds is 9. The lowest BCUT2D eigenvalue weighted by molar-refractivity contribution is -0.118. The first-order valence-corrected chi connectivity index (χ1v) is 5.72. The lowest BCUT2D eigenvalue weighted by Crippen LogP contribution is -2.45. The average Bonchev–Trinajstić information content (AvgIpc) is 2.20. The van der Waals surface area contributed by atoms with Crippen molar-refractivity contribution in [2.45, 2.75) is 25.7 Å².